The van der Waals surface area contributed by atoms with Crippen molar-refractivity contribution in [2.45, 2.75) is 18.8 Å². The van der Waals surface area contributed by atoms with Crippen LogP contribution in [0.1, 0.15) is 24.5 Å². The molecule has 1 aliphatic heterocycles. The molecule has 0 aromatic carbocycles. The third-order valence-corrected chi connectivity index (χ3v) is 6.21. The van der Waals surface area contributed by atoms with Crippen LogP contribution in [-0.2, 0) is 7.05 Å². The fraction of sp³-hybridized carbons (Fsp3) is 0.318. The van der Waals surface area contributed by atoms with Crippen LogP contribution in [0.3, 0.4) is 0 Å². The van der Waals surface area contributed by atoms with Crippen molar-refractivity contribution >= 4 is 22.1 Å². The van der Waals surface area contributed by atoms with E-state index in [-0.39, 0.29) is 0 Å². The first-order chi connectivity index (χ1) is 15.2. The number of aromatic amines is 2. The zero-order valence-corrected chi connectivity index (χ0v) is 17.5. The summed E-state index contributed by atoms with van der Waals surface area (Å²) in [4.78, 5) is 20.0. The highest BCUT2D eigenvalue weighted by atomic mass is 15.2. The van der Waals surface area contributed by atoms with Gasteiger partial charge in [-0.05, 0) is 45.1 Å². The second-order valence-corrected chi connectivity index (χ2v) is 8.35. The lowest BCUT2D eigenvalue weighted by molar-refractivity contribution is 0.254. The summed E-state index contributed by atoms with van der Waals surface area (Å²) in [6.45, 7) is 2.18. The molecular formula is C22H23N9. The Hall–Kier alpha value is -3.59. The Morgan fingerprint density at radius 3 is 2.74 bits per heavy atom. The smallest absolute Gasteiger partial charge is 0.159 e. The molecule has 0 amide bonds. The van der Waals surface area contributed by atoms with Crippen LogP contribution < -0.4 is 0 Å². The fourth-order valence-electron chi connectivity index (χ4n) is 4.46. The number of rotatable bonds is 3. The molecule has 31 heavy (non-hydrogen) atoms. The van der Waals surface area contributed by atoms with E-state index in [9.17, 15) is 0 Å². The quantitative estimate of drug-likeness (QED) is 0.471. The first-order valence-electron chi connectivity index (χ1n) is 10.5. The van der Waals surface area contributed by atoms with Gasteiger partial charge in [-0.2, -0.15) is 10.2 Å². The third kappa shape index (κ3) is 3.09. The SMILES string of the molecule is CN1CCC(c2nccc3[nH]c(-c4n[nH]c5ncc(-c6cnn(C)c6)cc45)nc23)CC1. The third-order valence-electron chi connectivity index (χ3n) is 6.21. The Balaban J connectivity index is 1.44. The average Bonchev–Trinajstić information content (AvgIpc) is 3.51. The Morgan fingerprint density at radius 1 is 1.06 bits per heavy atom. The second kappa shape index (κ2) is 6.98. The van der Waals surface area contributed by atoms with Gasteiger partial charge < -0.3 is 9.88 Å². The Kier molecular flexibility index (Phi) is 4.10. The maximum absolute atomic E-state index is 4.95. The molecule has 6 rings (SSSR count). The van der Waals surface area contributed by atoms with Crippen molar-refractivity contribution in [3.8, 4) is 22.6 Å². The number of hydrogen-bond acceptors (Lipinski definition) is 6. The van der Waals surface area contributed by atoms with Gasteiger partial charge in [0, 0.05) is 42.7 Å². The number of fused-ring (bicyclic) bond motifs is 2. The lowest BCUT2D eigenvalue weighted by Gasteiger charge is -2.28. The van der Waals surface area contributed by atoms with Crippen LogP contribution in [0, 0.1) is 0 Å². The lowest BCUT2D eigenvalue weighted by Crippen LogP contribution is -2.29. The van der Waals surface area contributed by atoms with Gasteiger partial charge in [0.25, 0.3) is 0 Å². The average molecular weight is 413 g/mol. The normalized spacial score (nSPS) is 15.9. The predicted molar refractivity (Wildman–Crippen MR) is 118 cm³/mol. The molecule has 0 spiro atoms. The summed E-state index contributed by atoms with van der Waals surface area (Å²) in [6.07, 6.45) is 9.74. The number of H-pyrrole nitrogens is 2. The first-order valence-corrected chi connectivity index (χ1v) is 10.5. The molecule has 9 nitrogen and oxygen atoms in total. The summed E-state index contributed by atoms with van der Waals surface area (Å²) in [7, 11) is 4.08. The van der Waals surface area contributed by atoms with Crippen molar-refractivity contribution in [3.63, 3.8) is 0 Å². The molecule has 1 aliphatic rings. The van der Waals surface area contributed by atoms with E-state index in [0.717, 1.165) is 76.3 Å². The minimum Gasteiger partial charge on any atom is -0.336 e. The molecule has 0 unspecified atom stereocenters. The maximum atomic E-state index is 4.95. The van der Waals surface area contributed by atoms with Crippen LogP contribution in [0.25, 0.3) is 44.7 Å². The zero-order valence-electron chi connectivity index (χ0n) is 17.5. The topological polar surface area (TPSA) is 104 Å². The molecule has 1 fully saturated rings. The summed E-state index contributed by atoms with van der Waals surface area (Å²) in [5.74, 6) is 1.17. The highest BCUT2D eigenvalue weighted by Crippen LogP contribution is 2.33. The number of imidazole rings is 1. The minimum atomic E-state index is 0.436. The van der Waals surface area contributed by atoms with Crippen LogP contribution in [0.15, 0.2) is 36.9 Å². The van der Waals surface area contributed by atoms with Crippen LogP contribution in [-0.4, -0.2) is 65.0 Å². The monoisotopic (exact) mass is 413 g/mol. The molecule has 0 saturated carbocycles. The van der Waals surface area contributed by atoms with Gasteiger partial charge in [0.1, 0.15) is 11.2 Å². The van der Waals surface area contributed by atoms with E-state index in [4.69, 9.17) is 9.97 Å². The number of likely N-dealkylation sites (tertiary alicyclic amines) is 1. The first kappa shape index (κ1) is 18.2. The van der Waals surface area contributed by atoms with E-state index in [1.165, 1.54) is 0 Å². The van der Waals surface area contributed by atoms with Crippen molar-refractivity contribution in [1.29, 1.82) is 0 Å². The summed E-state index contributed by atoms with van der Waals surface area (Å²) >= 11 is 0. The molecule has 0 atom stereocenters. The largest absolute Gasteiger partial charge is 0.336 e. The summed E-state index contributed by atoms with van der Waals surface area (Å²) < 4.78 is 1.78. The van der Waals surface area contributed by atoms with Gasteiger partial charge >= 0.3 is 0 Å². The molecular weight excluding hydrogens is 390 g/mol. The number of piperidine rings is 1. The van der Waals surface area contributed by atoms with E-state index >= 15 is 0 Å². The van der Waals surface area contributed by atoms with Gasteiger partial charge in [-0.1, -0.05) is 0 Å². The Bertz CT molecular complexity index is 1380. The van der Waals surface area contributed by atoms with Gasteiger partial charge in [0.2, 0.25) is 0 Å². The van der Waals surface area contributed by atoms with Crippen molar-refractivity contribution in [3.05, 3.63) is 42.6 Å². The summed E-state index contributed by atoms with van der Waals surface area (Å²) in [6, 6.07) is 4.07. The van der Waals surface area contributed by atoms with Crippen LogP contribution in [0.2, 0.25) is 0 Å². The summed E-state index contributed by atoms with van der Waals surface area (Å²) in [5, 5.41) is 12.7. The maximum Gasteiger partial charge on any atom is 0.159 e. The van der Waals surface area contributed by atoms with E-state index in [1.54, 1.807) is 4.68 Å². The Labute approximate surface area is 178 Å². The molecule has 9 heteroatoms. The van der Waals surface area contributed by atoms with Crippen LogP contribution in [0.4, 0.5) is 0 Å². The van der Waals surface area contributed by atoms with E-state index in [0.29, 0.717) is 5.92 Å². The van der Waals surface area contributed by atoms with E-state index in [1.807, 2.05) is 37.9 Å². The van der Waals surface area contributed by atoms with Gasteiger partial charge in [0.15, 0.2) is 11.5 Å². The molecule has 5 aromatic rings. The minimum absolute atomic E-state index is 0.436. The second-order valence-electron chi connectivity index (χ2n) is 8.35. The van der Waals surface area contributed by atoms with Crippen molar-refractivity contribution in [2.24, 2.45) is 7.05 Å². The van der Waals surface area contributed by atoms with Gasteiger partial charge in [0.05, 0.1) is 22.8 Å². The van der Waals surface area contributed by atoms with E-state index < -0.39 is 0 Å². The van der Waals surface area contributed by atoms with Gasteiger partial charge in [-0.25, -0.2) is 9.97 Å². The molecule has 5 aromatic heterocycles. The molecule has 156 valence electrons. The van der Waals surface area contributed by atoms with Crippen molar-refractivity contribution in [2.75, 3.05) is 20.1 Å². The van der Waals surface area contributed by atoms with Gasteiger partial charge in [-0.15, -0.1) is 0 Å². The number of hydrogen-bond donors (Lipinski definition) is 2. The molecule has 0 bridgehead atoms. The number of nitrogens with one attached hydrogen (secondary N) is 2. The number of aryl methyl sites for hydroxylation is 1. The number of pyridine rings is 2. The highest BCUT2D eigenvalue weighted by molar-refractivity contribution is 5.93. The molecule has 0 aliphatic carbocycles. The molecule has 2 N–H and O–H groups in total. The van der Waals surface area contributed by atoms with Crippen molar-refractivity contribution in [1.82, 2.24) is 44.8 Å². The lowest BCUT2D eigenvalue weighted by atomic mass is 9.92. The molecule has 0 radical (unpaired) electrons. The molecule has 6 heterocycles. The van der Waals surface area contributed by atoms with Crippen molar-refractivity contribution < 1.29 is 0 Å². The number of aromatic nitrogens is 8. The van der Waals surface area contributed by atoms with Crippen LogP contribution >= 0.6 is 0 Å². The Morgan fingerprint density at radius 2 is 1.94 bits per heavy atom. The highest BCUT2D eigenvalue weighted by Gasteiger charge is 2.24. The van der Waals surface area contributed by atoms with E-state index in [2.05, 4.69) is 43.3 Å². The molecule has 1 saturated heterocycles. The zero-order chi connectivity index (χ0) is 20.9. The summed E-state index contributed by atoms with van der Waals surface area (Å²) in [5.41, 5.74) is 6.53. The fourth-order valence-corrected chi connectivity index (χ4v) is 4.46. The van der Waals surface area contributed by atoms with Crippen LogP contribution in [0.5, 0.6) is 0 Å². The predicted octanol–water partition coefficient (Wildman–Crippen LogP) is 3.11. The standard InChI is InChI=1S/C22H23N9/c1-30-7-4-13(5-8-30)18-20-17(3-6-23-18)26-22(27-20)19-16-9-14(10-24-21(16)29-28-19)15-11-25-31(2)12-15/h3,6,9-13H,4-5,7-8H2,1-2H3,(H,26,27)(H,24,28,29). The number of nitrogens with zero attached hydrogens (tertiary/aromatic N) is 7. The van der Waals surface area contributed by atoms with Gasteiger partial charge in [-0.3, -0.25) is 14.8 Å².